The van der Waals surface area contributed by atoms with Crippen molar-refractivity contribution in [1.29, 1.82) is 0 Å². The summed E-state index contributed by atoms with van der Waals surface area (Å²) >= 11 is 1.64. The highest BCUT2D eigenvalue weighted by molar-refractivity contribution is 7.17. The first-order valence-corrected chi connectivity index (χ1v) is 7.46. The van der Waals surface area contributed by atoms with Crippen molar-refractivity contribution in [2.45, 2.75) is 12.5 Å². The van der Waals surface area contributed by atoms with Gasteiger partial charge in [0, 0.05) is 18.2 Å². The lowest BCUT2D eigenvalue weighted by atomic mass is 10.00. The van der Waals surface area contributed by atoms with Crippen LogP contribution in [0.25, 0.3) is 10.2 Å². The van der Waals surface area contributed by atoms with E-state index >= 15 is 0 Å². The SMILES string of the molecule is OC(c1ccc2c(c1)CCO2)c1cnc2ccsc2c1. The lowest BCUT2D eigenvalue weighted by Crippen LogP contribution is -2.00. The Morgan fingerprint density at radius 1 is 1.20 bits per heavy atom. The number of aromatic nitrogens is 1. The summed E-state index contributed by atoms with van der Waals surface area (Å²) in [5.74, 6) is 0.938. The molecule has 0 saturated carbocycles. The summed E-state index contributed by atoms with van der Waals surface area (Å²) in [5.41, 5.74) is 3.88. The van der Waals surface area contributed by atoms with Crippen LogP contribution < -0.4 is 4.74 Å². The zero-order chi connectivity index (χ0) is 13.5. The second kappa shape index (κ2) is 4.58. The van der Waals surface area contributed by atoms with Gasteiger partial charge >= 0.3 is 0 Å². The van der Waals surface area contributed by atoms with Gasteiger partial charge in [0.25, 0.3) is 0 Å². The van der Waals surface area contributed by atoms with Crippen molar-refractivity contribution in [3.8, 4) is 5.75 Å². The summed E-state index contributed by atoms with van der Waals surface area (Å²) in [4.78, 5) is 4.39. The molecule has 3 aromatic rings. The Morgan fingerprint density at radius 3 is 3.10 bits per heavy atom. The summed E-state index contributed by atoms with van der Waals surface area (Å²) in [5, 5.41) is 12.6. The smallest absolute Gasteiger partial charge is 0.122 e. The third kappa shape index (κ3) is 1.88. The number of thiophene rings is 1. The van der Waals surface area contributed by atoms with Crippen molar-refractivity contribution in [3.63, 3.8) is 0 Å². The molecule has 1 unspecified atom stereocenters. The second-order valence-corrected chi connectivity index (χ2v) is 5.89. The van der Waals surface area contributed by atoms with Crippen LogP contribution in [0, 0.1) is 0 Å². The van der Waals surface area contributed by atoms with Crippen LogP contribution in [-0.2, 0) is 6.42 Å². The molecule has 0 aliphatic carbocycles. The molecule has 1 aromatic carbocycles. The minimum absolute atomic E-state index is 0.639. The fourth-order valence-corrected chi connectivity index (χ4v) is 3.37. The number of aliphatic hydroxyl groups excluding tert-OH is 1. The van der Waals surface area contributed by atoms with Crippen LogP contribution in [-0.4, -0.2) is 16.7 Å². The molecule has 0 bridgehead atoms. The van der Waals surface area contributed by atoms with E-state index in [9.17, 15) is 5.11 Å². The van der Waals surface area contributed by atoms with Gasteiger partial charge < -0.3 is 9.84 Å². The first-order chi connectivity index (χ1) is 9.81. The Labute approximate surface area is 120 Å². The Balaban J connectivity index is 1.73. The van der Waals surface area contributed by atoms with Crippen molar-refractivity contribution in [1.82, 2.24) is 4.98 Å². The number of ether oxygens (including phenoxy) is 1. The molecule has 3 nitrogen and oxygen atoms in total. The first kappa shape index (κ1) is 11.9. The monoisotopic (exact) mass is 283 g/mol. The molecular weight excluding hydrogens is 270 g/mol. The summed E-state index contributed by atoms with van der Waals surface area (Å²) in [6, 6.07) is 9.90. The summed E-state index contributed by atoms with van der Waals surface area (Å²) in [7, 11) is 0. The second-order valence-electron chi connectivity index (χ2n) is 4.94. The minimum Gasteiger partial charge on any atom is -0.493 e. The fourth-order valence-electron chi connectivity index (χ4n) is 2.58. The lowest BCUT2D eigenvalue weighted by molar-refractivity contribution is 0.220. The van der Waals surface area contributed by atoms with E-state index in [2.05, 4.69) is 4.98 Å². The third-order valence-electron chi connectivity index (χ3n) is 3.67. The normalized spacial score (nSPS) is 15.1. The van der Waals surface area contributed by atoms with Gasteiger partial charge in [0.2, 0.25) is 0 Å². The predicted molar refractivity (Wildman–Crippen MR) is 79.3 cm³/mol. The van der Waals surface area contributed by atoms with Gasteiger partial charge in [0.05, 0.1) is 16.8 Å². The van der Waals surface area contributed by atoms with Crippen LogP contribution in [0.4, 0.5) is 0 Å². The highest BCUT2D eigenvalue weighted by Crippen LogP contribution is 2.31. The zero-order valence-electron chi connectivity index (χ0n) is 10.7. The van der Waals surface area contributed by atoms with Crippen LogP contribution >= 0.6 is 11.3 Å². The molecule has 4 rings (SSSR count). The number of aliphatic hydroxyl groups is 1. The van der Waals surface area contributed by atoms with Gasteiger partial charge in [-0.25, -0.2) is 0 Å². The molecule has 1 N–H and O–H groups in total. The first-order valence-electron chi connectivity index (χ1n) is 6.58. The van der Waals surface area contributed by atoms with Crippen molar-refractivity contribution in [2.75, 3.05) is 6.61 Å². The average molecular weight is 283 g/mol. The minimum atomic E-state index is -0.639. The van der Waals surface area contributed by atoms with Crippen molar-refractivity contribution < 1.29 is 9.84 Å². The van der Waals surface area contributed by atoms with Gasteiger partial charge in [0.15, 0.2) is 0 Å². The van der Waals surface area contributed by atoms with E-state index in [-0.39, 0.29) is 0 Å². The molecular formula is C16H13NO2S. The van der Waals surface area contributed by atoms with Crippen LogP contribution in [0.2, 0.25) is 0 Å². The highest BCUT2D eigenvalue weighted by atomic mass is 32.1. The lowest BCUT2D eigenvalue weighted by Gasteiger charge is -2.12. The number of nitrogens with zero attached hydrogens (tertiary/aromatic N) is 1. The van der Waals surface area contributed by atoms with Crippen molar-refractivity contribution in [2.24, 2.45) is 0 Å². The van der Waals surface area contributed by atoms with Crippen molar-refractivity contribution >= 4 is 21.6 Å². The molecule has 100 valence electrons. The van der Waals surface area contributed by atoms with E-state index in [0.29, 0.717) is 0 Å². The molecule has 1 aliphatic heterocycles. The molecule has 1 aliphatic rings. The van der Waals surface area contributed by atoms with Gasteiger partial charge in [-0.15, -0.1) is 11.3 Å². The van der Waals surface area contributed by atoms with Gasteiger partial charge in [-0.05, 0) is 40.8 Å². The topological polar surface area (TPSA) is 42.4 Å². The Kier molecular flexibility index (Phi) is 2.72. The number of rotatable bonds is 2. The van der Waals surface area contributed by atoms with Gasteiger partial charge in [-0.2, -0.15) is 0 Å². The summed E-state index contributed by atoms with van der Waals surface area (Å²) < 4.78 is 6.60. The Morgan fingerprint density at radius 2 is 2.15 bits per heavy atom. The van der Waals surface area contributed by atoms with E-state index in [1.54, 1.807) is 17.5 Å². The number of hydrogen-bond donors (Lipinski definition) is 1. The van der Waals surface area contributed by atoms with E-state index in [0.717, 1.165) is 40.1 Å². The average Bonchev–Trinajstić information content (AvgIpc) is 3.13. The van der Waals surface area contributed by atoms with E-state index < -0.39 is 6.10 Å². The molecule has 0 fully saturated rings. The summed E-state index contributed by atoms with van der Waals surface area (Å²) in [6.45, 7) is 0.734. The highest BCUT2D eigenvalue weighted by Gasteiger charge is 2.17. The molecule has 1 atom stereocenters. The molecule has 0 amide bonds. The quantitative estimate of drug-likeness (QED) is 0.784. The van der Waals surface area contributed by atoms with E-state index in [1.807, 2.05) is 35.7 Å². The molecule has 4 heteroatoms. The fraction of sp³-hybridized carbons (Fsp3) is 0.188. The Bertz CT molecular complexity index is 781. The predicted octanol–water partition coefficient (Wildman–Crippen LogP) is 3.31. The van der Waals surface area contributed by atoms with Crippen LogP contribution in [0.5, 0.6) is 5.75 Å². The largest absolute Gasteiger partial charge is 0.493 e. The summed E-state index contributed by atoms with van der Waals surface area (Å²) in [6.07, 6.45) is 2.03. The molecule has 2 aromatic heterocycles. The molecule has 20 heavy (non-hydrogen) atoms. The van der Waals surface area contributed by atoms with Crippen LogP contribution in [0.3, 0.4) is 0 Å². The number of fused-ring (bicyclic) bond motifs is 2. The zero-order valence-corrected chi connectivity index (χ0v) is 11.6. The maximum atomic E-state index is 10.5. The molecule has 0 radical (unpaired) electrons. The van der Waals surface area contributed by atoms with Crippen molar-refractivity contribution in [3.05, 3.63) is 58.6 Å². The number of hydrogen-bond acceptors (Lipinski definition) is 4. The standard InChI is InChI=1S/C16H13NO2S/c18-16(11-1-2-14-10(7-11)3-5-19-14)12-8-15-13(17-9-12)4-6-20-15/h1-2,4,6-9,16,18H,3,5H2. The van der Waals surface area contributed by atoms with Gasteiger partial charge in [-0.3, -0.25) is 4.98 Å². The molecule has 3 heterocycles. The molecule has 0 saturated heterocycles. The van der Waals surface area contributed by atoms with Crippen LogP contribution in [0.15, 0.2) is 41.9 Å². The number of benzene rings is 1. The number of pyridine rings is 1. The maximum absolute atomic E-state index is 10.5. The van der Waals surface area contributed by atoms with E-state index in [4.69, 9.17) is 4.74 Å². The van der Waals surface area contributed by atoms with Gasteiger partial charge in [0.1, 0.15) is 11.9 Å². The Hall–Kier alpha value is -1.91. The third-order valence-corrected chi connectivity index (χ3v) is 4.52. The molecule has 0 spiro atoms. The van der Waals surface area contributed by atoms with Gasteiger partial charge in [-0.1, -0.05) is 6.07 Å². The maximum Gasteiger partial charge on any atom is 0.122 e. The van der Waals surface area contributed by atoms with E-state index in [1.165, 1.54) is 5.56 Å². The van der Waals surface area contributed by atoms with Crippen LogP contribution in [0.1, 0.15) is 22.8 Å².